The van der Waals surface area contributed by atoms with Gasteiger partial charge < -0.3 is 14.8 Å². The second-order valence-corrected chi connectivity index (χ2v) is 7.95. The lowest BCUT2D eigenvalue weighted by molar-refractivity contribution is -0.149. The Labute approximate surface area is 182 Å². The number of benzene rings is 2. The maximum atomic E-state index is 12.0. The van der Waals surface area contributed by atoms with Gasteiger partial charge in [-0.15, -0.1) is 0 Å². The number of hydrogen-bond acceptors (Lipinski definition) is 5. The Hall–Kier alpha value is -3.61. The fourth-order valence-electron chi connectivity index (χ4n) is 2.47. The molecule has 164 valence electrons. The number of imide groups is 1. The van der Waals surface area contributed by atoms with Crippen LogP contribution in [0.3, 0.4) is 0 Å². The Morgan fingerprint density at radius 1 is 1.03 bits per heavy atom. The van der Waals surface area contributed by atoms with Crippen molar-refractivity contribution < 1.29 is 23.9 Å². The lowest BCUT2D eigenvalue weighted by Crippen LogP contribution is -2.50. The van der Waals surface area contributed by atoms with Crippen molar-refractivity contribution in [3.8, 4) is 5.75 Å². The van der Waals surface area contributed by atoms with Gasteiger partial charge in [0.1, 0.15) is 12.4 Å². The molecule has 0 radical (unpaired) electrons. The van der Waals surface area contributed by atoms with Crippen LogP contribution in [0, 0.1) is 0 Å². The van der Waals surface area contributed by atoms with E-state index in [4.69, 9.17) is 9.47 Å². The molecule has 2 aromatic carbocycles. The molecule has 0 aliphatic heterocycles. The molecule has 2 rings (SSSR count). The highest BCUT2D eigenvalue weighted by molar-refractivity contribution is 5.98. The van der Waals surface area contributed by atoms with Crippen molar-refractivity contribution in [1.82, 2.24) is 10.6 Å². The Bertz CT molecular complexity index is 932. The number of urea groups is 1. The van der Waals surface area contributed by atoms with Gasteiger partial charge in [-0.05, 0) is 57.0 Å². The summed E-state index contributed by atoms with van der Waals surface area (Å²) < 4.78 is 10.8. The van der Waals surface area contributed by atoms with Gasteiger partial charge in [-0.2, -0.15) is 0 Å². The van der Waals surface area contributed by atoms with Gasteiger partial charge in [0, 0.05) is 11.6 Å². The largest absolute Gasteiger partial charge is 0.489 e. The number of nitrogens with one attached hydrogen (secondary N) is 2. The first-order valence-corrected chi connectivity index (χ1v) is 9.91. The number of amides is 3. The number of esters is 1. The first-order chi connectivity index (χ1) is 14.6. The van der Waals surface area contributed by atoms with Crippen LogP contribution in [0.25, 0.3) is 6.08 Å². The van der Waals surface area contributed by atoms with Gasteiger partial charge in [0.15, 0.2) is 6.10 Å². The third-order valence-corrected chi connectivity index (χ3v) is 3.91. The molecular formula is C24H28N2O5. The number of hydrogen-bond donors (Lipinski definition) is 2. The molecule has 0 saturated carbocycles. The van der Waals surface area contributed by atoms with Crippen molar-refractivity contribution in [2.24, 2.45) is 0 Å². The summed E-state index contributed by atoms with van der Waals surface area (Å²) >= 11 is 0. The standard InChI is InChI=1S/C24H28N2O5/c1-17(22(28)25-23(29)26-24(2,3)4)31-21(27)14-13-18-11-8-12-20(15-18)30-16-19-9-6-5-7-10-19/h5-15,17H,16H2,1-4H3,(H2,25,26,28,29). The molecule has 0 saturated heterocycles. The monoisotopic (exact) mass is 424 g/mol. The van der Waals surface area contributed by atoms with E-state index in [9.17, 15) is 14.4 Å². The highest BCUT2D eigenvalue weighted by atomic mass is 16.5. The van der Waals surface area contributed by atoms with E-state index in [1.165, 1.54) is 13.0 Å². The van der Waals surface area contributed by atoms with Crippen LogP contribution in [0.4, 0.5) is 4.79 Å². The molecule has 0 heterocycles. The van der Waals surface area contributed by atoms with Crippen LogP contribution in [-0.2, 0) is 20.9 Å². The zero-order chi connectivity index (χ0) is 22.9. The van der Waals surface area contributed by atoms with Crippen LogP contribution in [0.1, 0.15) is 38.8 Å². The molecule has 1 atom stereocenters. The summed E-state index contributed by atoms with van der Waals surface area (Å²) in [5.74, 6) is -0.744. The molecule has 2 N–H and O–H groups in total. The quantitative estimate of drug-likeness (QED) is 0.520. The van der Waals surface area contributed by atoms with E-state index in [2.05, 4.69) is 10.6 Å². The Kier molecular flexibility index (Phi) is 8.37. The fraction of sp³-hybridized carbons (Fsp3) is 0.292. The minimum Gasteiger partial charge on any atom is -0.489 e. The molecule has 1 unspecified atom stereocenters. The lowest BCUT2D eigenvalue weighted by Gasteiger charge is -2.21. The minimum absolute atomic E-state index is 0.436. The second kappa shape index (κ2) is 11.0. The number of ether oxygens (including phenoxy) is 2. The SMILES string of the molecule is CC(OC(=O)C=Cc1cccc(OCc2ccccc2)c1)C(=O)NC(=O)NC(C)(C)C. The lowest BCUT2D eigenvalue weighted by atomic mass is 10.1. The third-order valence-electron chi connectivity index (χ3n) is 3.91. The predicted octanol–water partition coefficient (Wildman–Crippen LogP) is 3.83. The highest BCUT2D eigenvalue weighted by Crippen LogP contribution is 2.16. The van der Waals surface area contributed by atoms with Gasteiger partial charge in [-0.3, -0.25) is 10.1 Å². The van der Waals surface area contributed by atoms with E-state index in [-0.39, 0.29) is 0 Å². The minimum atomic E-state index is -1.12. The van der Waals surface area contributed by atoms with Crippen LogP contribution in [0.2, 0.25) is 0 Å². The number of rotatable bonds is 7. The zero-order valence-electron chi connectivity index (χ0n) is 18.2. The van der Waals surface area contributed by atoms with Gasteiger partial charge in [-0.25, -0.2) is 9.59 Å². The van der Waals surface area contributed by atoms with Crippen molar-refractivity contribution in [1.29, 1.82) is 0 Å². The Morgan fingerprint density at radius 2 is 1.74 bits per heavy atom. The fourth-order valence-corrected chi connectivity index (χ4v) is 2.47. The van der Waals surface area contributed by atoms with Crippen LogP contribution in [0.5, 0.6) is 5.75 Å². The Morgan fingerprint density at radius 3 is 2.42 bits per heavy atom. The van der Waals surface area contributed by atoms with E-state index in [1.54, 1.807) is 32.9 Å². The van der Waals surface area contributed by atoms with Gasteiger partial charge in [0.05, 0.1) is 0 Å². The molecule has 0 fully saturated rings. The van der Waals surface area contributed by atoms with Crippen LogP contribution < -0.4 is 15.4 Å². The van der Waals surface area contributed by atoms with Gasteiger partial charge in [0.2, 0.25) is 0 Å². The van der Waals surface area contributed by atoms with Crippen LogP contribution >= 0.6 is 0 Å². The maximum absolute atomic E-state index is 12.0. The van der Waals surface area contributed by atoms with Crippen molar-refractivity contribution in [3.05, 3.63) is 71.8 Å². The van der Waals surface area contributed by atoms with Gasteiger partial charge in [0.25, 0.3) is 5.91 Å². The summed E-state index contributed by atoms with van der Waals surface area (Å²) in [6.07, 6.45) is 1.66. The maximum Gasteiger partial charge on any atom is 0.331 e. The topological polar surface area (TPSA) is 93.7 Å². The summed E-state index contributed by atoms with van der Waals surface area (Å²) in [4.78, 5) is 35.7. The van der Waals surface area contributed by atoms with Crippen molar-refractivity contribution >= 4 is 24.0 Å². The zero-order valence-corrected chi connectivity index (χ0v) is 18.2. The molecule has 0 bridgehead atoms. The van der Waals surface area contributed by atoms with Crippen LogP contribution in [-0.4, -0.2) is 29.6 Å². The van der Waals surface area contributed by atoms with E-state index >= 15 is 0 Å². The summed E-state index contributed by atoms with van der Waals surface area (Å²) in [6, 6.07) is 16.4. The third kappa shape index (κ3) is 9.16. The summed E-state index contributed by atoms with van der Waals surface area (Å²) in [7, 11) is 0. The average molecular weight is 424 g/mol. The van der Waals surface area contributed by atoms with E-state index < -0.39 is 29.6 Å². The summed E-state index contributed by atoms with van der Waals surface area (Å²) in [5, 5.41) is 4.74. The molecule has 31 heavy (non-hydrogen) atoms. The van der Waals surface area contributed by atoms with Crippen molar-refractivity contribution in [3.63, 3.8) is 0 Å². The normalized spacial score (nSPS) is 12.1. The molecule has 0 aliphatic rings. The molecule has 3 amide bonds. The highest BCUT2D eigenvalue weighted by Gasteiger charge is 2.21. The Balaban J connectivity index is 1.85. The first kappa shape index (κ1) is 23.7. The summed E-state index contributed by atoms with van der Waals surface area (Å²) in [5.41, 5.74) is 1.30. The van der Waals surface area contributed by atoms with Crippen molar-refractivity contribution in [2.45, 2.75) is 45.9 Å². The smallest absolute Gasteiger partial charge is 0.331 e. The molecule has 7 heteroatoms. The molecule has 0 spiro atoms. The number of carbonyl (C=O) groups excluding carboxylic acids is 3. The second-order valence-electron chi connectivity index (χ2n) is 7.95. The average Bonchev–Trinajstić information content (AvgIpc) is 2.70. The molecular weight excluding hydrogens is 396 g/mol. The van der Waals surface area contributed by atoms with E-state index in [0.717, 1.165) is 11.1 Å². The van der Waals surface area contributed by atoms with Crippen LogP contribution in [0.15, 0.2) is 60.7 Å². The molecule has 2 aromatic rings. The molecule has 0 aliphatic carbocycles. The first-order valence-electron chi connectivity index (χ1n) is 9.91. The molecule has 0 aromatic heterocycles. The van der Waals surface area contributed by atoms with E-state index in [1.807, 2.05) is 48.5 Å². The summed E-state index contributed by atoms with van der Waals surface area (Å²) in [6.45, 7) is 7.18. The van der Waals surface area contributed by atoms with Gasteiger partial charge in [-0.1, -0.05) is 42.5 Å². The number of carbonyl (C=O) groups is 3. The molecule has 7 nitrogen and oxygen atoms in total. The van der Waals surface area contributed by atoms with E-state index in [0.29, 0.717) is 12.4 Å². The van der Waals surface area contributed by atoms with Crippen molar-refractivity contribution in [2.75, 3.05) is 0 Å². The predicted molar refractivity (Wildman–Crippen MR) is 118 cm³/mol. The van der Waals surface area contributed by atoms with Gasteiger partial charge >= 0.3 is 12.0 Å².